The summed E-state index contributed by atoms with van der Waals surface area (Å²) in [6.45, 7) is 18.1. The van der Waals surface area contributed by atoms with E-state index in [1.54, 1.807) is 53.7 Å². The van der Waals surface area contributed by atoms with E-state index in [0.717, 1.165) is 0 Å². The number of aliphatic hydroxyl groups is 5. The van der Waals surface area contributed by atoms with Gasteiger partial charge in [0.25, 0.3) is 0 Å². The summed E-state index contributed by atoms with van der Waals surface area (Å²) in [5.74, 6) is -4.78. The summed E-state index contributed by atoms with van der Waals surface area (Å²) in [6.07, 6.45) is -5.45. The molecule has 0 spiro atoms. The molecule has 18 nitrogen and oxygen atoms in total. The van der Waals surface area contributed by atoms with Crippen molar-refractivity contribution in [2.45, 2.75) is 187 Å². The Morgan fingerprint density at radius 1 is 0.903 bits per heavy atom. The van der Waals surface area contributed by atoms with Crippen LogP contribution in [0.1, 0.15) is 111 Å². The monoisotopic (exact) mass is 1060 g/mol. The van der Waals surface area contributed by atoms with Crippen LogP contribution in [-0.2, 0) is 53.9 Å². The predicted molar refractivity (Wildman–Crippen MR) is 265 cm³/mol. The summed E-state index contributed by atoms with van der Waals surface area (Å²) >= 11 is 12.3. The molecule has 2 saturated heterocycles. The first-order valence-corrected chi connectivity index (χ1v) is 24.9. The lowest BCUT2D eigenvalue weighted by Crippen LogP contribution is -2.64. The number of hydrogen-bond acceptors (Lipinski definition) is 18. The van der Waals surface area contributed by atoms with Crippen molar-refractivity contribution in [1.82, 2.24) is 0 Å². The summed E-state index contributed by atoms with van der Waals surface area (Å²) in [5.41, 5.74) is 0.318. The zero-order valence-electron chi connectivity index (χ0n) is 43.0. The number of phenols is 2. The fraction of sp³-hybridized carbons (Fsp3) is 0.635. The molecule has 404 valence electrons. The summed E-state index contributed by atoms with van der Waals surface area (Å²) < 4.78 is 47.5. The second kappa shape index (κ2) is 26.5. The van der Waals surface area contributed by atoms with Crippen molar-refractivity contribution in [3.05, 3.63) is 79.9 Å². The Labute approximate surface area is 431 Å². The third-order valence-corrected chi connectivity index (χ3v) is 13.8. The van der Waals surface area contributed by atoms with Gasteiger partial charge in [-0.3, -0.25) is 4.79 Å². The number of aromatic hydroxyl groups is 2. The fourth-order valence-corrected chi connectivity index (χ4v) is 9.16. The van der Waals surface area contributed by atoms with E-state index in [-0.39, 0.29) is 35.4 Å². The molecule has 0 aromatic heterocycles. The minimum Gasteiger partial charge on any atom is -0.505 e. The van der Waals surface area contributed by atoms with Crippen molar-refractivity contribution in [2.24, 2.45) is 11.8 Å². The van der Waals surface area contributed by atoms with Gasteiger partial charge in [0.2, 0.25) is 0 Å². The van der Waals surface area contributed by atoms with Gasteiger partial charge in [-0.2, -0.15) is 0 Å². The van der Waals surface area contributed by atoms with E-state index >= 15 is 0 Å². The molecule has 2 unspecified atom stereocenters. The smallest absolute Gasteiger partial charge is 0.342 e. The van der Waals surface area contributed by atoms with Crippen molar-refractivity contribution < 1.29 is 88.0 Å². The lowest BCUT2D eigenvalue weighted by Gasteiger charge is -2.47. The van der Waals surface area contributed by atoms with Crippen LogP contribution >= 0.6 is 23.2 Å². The highest BCUT2D eigenvalue weighted by molar-refractivity contribution is 6.39. The van der Waals surface area contributed by atoms with Gasteiger partial charge in [0.05, 0.1) is 47.5 Å². The molecule has 3 aliphatic rings. The minimum atomic E-state index is -1.61. The number of ether oxygens (including phenoxy) is 8. The maximum atomic E-state index is 13.9. The average molecular weight is 1060 g/mol. The standard InChI is InChI=1S/C52H74Cl2O18/c1-13-30-22-26(6)33(56)18-16-15-17-31(23-66-51-45(65-12)42(61)44(29(9)67-51)69-49(64)35-32(14-2)36(53)39(58)37(54)38(35)57)48(63)68-34(28(8)55)20-19-25(5)21-27(7)43(30)70-50-41(60)40(59)46(52(10,11)72-50)71-47(62)24(3)4/h15-17,19,21-22,24,28-30,33-34,40-46,50-51,55-61H,13-14,18,20,23H2,1-12H3/b16-15+,25-19+,26-22+,27-21+,31-17+/t28?,29-,30+,33+,34+,40-,41+,42+,43?,44-,45+,46+,50-,51-/m1/s1. The normalized spacial score (nSPS) is 34.8. The number of halogens is 2. The number of esters is 3. The first kappa shape index (κ1) is 60.7. The highest BCUT2D eigenvalue weighted by Crippen LogP contribution is 2.45. The Hall–Kier alpha value is -3.89. The van der Waals surface area contributed by atoms with Gasteiger partial charge in [0.1, 0.15) is 46.7 Å². The number of methoxy groups -OCH3 is 1. The van der Waals surface area contributed by atoms with Crippen LogP contribution in [0, 0.1) is 11.8 Å². The van der Waals surface area contributed by atoms with E-state index in [2.05, 4.69) is 0 Å². The SMILES string of the molecule is CCc1c(Cl)c(O)c(Cl)c(O)c1C(=O)O[C@H]1[C@H](O)[C@H](OC)[C@H](OC/C2=C\C=C\C[C@H](O)/C(C)=C/[C@H](CC)C(O[C@@H]3OC(C)(C)[C@@H](OC(=O)C(C)C)[C@H](O)[C@@H]3O)/C(C)=C/C(C)=C/C[C@@H](C(C)O)OC2=O)O[C@@H]1C. The summed E-state index contributed by atoms with van der Waals surface area (Å²) in [7, 11) is 1.26. The molecule has 0 saturated carbocycles. The maximum absolute atomic E-state index is 13.9. The molecule has 3 heterocycles. The molecule has 20 heteroatoms. The number of carbonyl (C=O) groups is 3. The Kier molecular flexibility index (Phi) is 22.4. The molecule has 0 amide bonds. The van der Waals surface area contributed by atoms with E-state index in [1.807, 2.05) is 32.9 Å². The molecule has 3 aliphatic heterocycles. The molecule has 0 aliphatic carbocycles. The second-order valence-corrected chi connectivity index (χ2v) is 20.1. The van der Waals surface area contributed by atoms with Crippen LogP contribution in [0.2, 0.25) is 10.0 Å². The third-order valence-electron chi connectivity index (χ3n) is 13.0. The van der Waals surface area contributed by atoms with Gasteiger partial charge in [0.15, 0.2) is 36.3 Å². The number of hydrogen-bond donors (Lipinski definition) is 7. The lowest BCUT2D eigenvalue weighted by atomic mass is 9.88. The maximum Gasteiger partial charge on any atom is 0.342 e. The first-order chi connectivity index (χ1) is 33.7. The number of cyclic esters (lactones) is 1. The summed E-state index contributed by atoms with van der Waals surface area (Å²) in [6, 6.07) is 0. The summed E-state index contributed by atoms with van der Waals surface area (Å²) in [4.78, 5) is 40.0. The van der Waals surface area contributed by atoms with Gasteiger partial charge in [-0.25, -0.2) is 9.59 Å². The van der Waals surface area contributed by atoms with Gasteiger partial charge in [-0.15, -0.1) is 0 Å². The zero-order chi connectivity index (χ0) is 54.1. The van der Waals surface area contributed by atoms with Crippen LogP contribution in [0.3, 0.4) is 0 Å². The van der Waals surface area contributed by atoms with Crippen LogP contribution in [-0.4, -0.2) is 153 Å². The molecular weight excluding hydrogens is 983 g/mol. The van der Waals surface area contributed by atoms with E-state index in [0.29, 0.717) is 23.1 Å². The average Bonchev–Trinajstić information content (AvgIpc) is 3.32. The van der Waals surface area contributed by atoms with Crippen molar-refractivity contribution in [2.75, 3.05) is 13.7 Å². The third kappa shape index (κ3) is 14.7. The van der Waals surface area contributed by atoms with Crippen molar-refractivity contribution in [3.8, 4) is 11.5 Å². The van der Waals surface area contributed by atoms with Gasteiger partial charge in [0, 0.05) is 19.4 Å². The number of carbonyl (C=O) groups excluding carboxylic acids is 3. The highest BCUT2D eigenvalue weighted by Gasteiger charge is 2.53. The minimum absolute atomic E-state index is 0.0372. The van der Waals surface area contributed by atoms with Gasteiger partial charge >= 0.3 is 17.9 Å². The zero-order valence-corrected chi connectivity index (χ0v) is 44.5. The molecule has 2 fully saturated rings. The fourth-order valence-electron chi connectivity index (χ4n) is 8.60. The van der Waals surface area contributed by atoms with Crippen LogP contribution in [0.25, 0.3) is 0 Å². The Morgan fingerprint density at radius 2 is 1.57 bits per heavy atom. The van der Waals surface area contributed by atoms with E-state index < -0.39 is 144 Å². The molecule has 0 radical (unpaired) electrons. The number of benzene rings is 1. The van der Waals surface area contributed by atoms with Gasteiger partial charge in [-0.05, 0) is 90.5 Å². The van der Waals surface area contributed by atoms with Crippen molar-refractivity contribution >= 4 is 41.1 Å². The van der Waals surface area contributed by atoms with E-state index in [4.69, 9.17) is 61.1 Å². The Balaban J connectivity index is 1.61. The molecule has 0 bridgehead atoms. The second-order valence-electron chi connectivity index (χ2n) is 19.4. The van der Waals surface area contributed by atoms with Crippen molar-refractivity contribution in [3.63, 3.8) is 0 Å². The van der Waals surface area contributed by atoms with Gasteiger partial charge < -0.3 is 73.6 Å². The van der Waals surface area contributed by atoms with Crippen molar-refractivity contribution in [1.29, 1.82) is 0 Å². The molecule has 72 heavy (non-hydrogen) atoms. The van der Waals surface area contributed by atoms with E-state index in [1.165, 1.54) is 33.1 Å². The molecule has 14 atom stereocenters. The Morgan fingerprint density at radius 3 is 2.17 bits per heavy atom. The number of rotatable bonds is 13. The molecule has 1 aromatic rings. The molecule has 7 N–H and O–H groups in total. The lowest BCUT2D eigenvalue weighted by molar-refractivity contribution is -0.333. The number of allylic oxidation sites excluding steroid dienone is 4. The van der Waals surface area contributed by atoms with Gasteiger partial charge in [-0.1, -0.05) is 86.9 Å². The summed E-state index contributed by atoms with van der Waals surface area (Å²) in [5, 5.41) is 76.5. The first-order valence-electron chi connectivity index (χ1n) is 24.2. The largest absolute Gasteiger partial charge is 0.505 e. The topological polar surface area (TPSA) is 267 Å². The molecular formula is C52H74Cl2O18. The van der Waals surface area contributed by atoms with Crippen LogP contribution in [0.4, 0.5) is 0 Å². The highest BCUT2D eigenvalue weighted by atomic mass is 35.5. The van der Waals surface area contributed by atoms with Crippen LogP contribution < -0.4 is 0 Å². The number of phenolic OH excluding ortho intramolecular Hbond substituents is 2. The van der Waals surface area contributed by atoms with Crippen LogP contribution in [0.15, 0.2) is 58.7 Å². The number of aliphatic hydroxyl groups excluding tert-OH is 5. The molecule has 4 rings (SSSR count). The molecule has 1 aromatic carbocycles. The predicted octanol–water partition coefficient (Wildman–Crippen LogP) is 6.23. The Bertz CT molecular complexity index is 2220. The van der Waals surface area contributed by atoms with E-state index in [9.17, 15) is 50.1 Å². The van der Waals surface area contributed by atoms with Crippen LogP contribution in [0.5, 0.6) is 11.5 Å². The quantitative estimate of drug-likeness (QED) is 0.0655.